The molecule has 0 aliphatic carbocycles. The van der Waals surface area contributed by atoms with Crippen LogP contribution in [0.25, 0.3) is 10.2 Å². The molecule has 0 aromatic carbocycles. The van der Waals surface area contributed by atoms with Crippen LogP contribution < -0.4 is 16.4 Å². The summed E-state index contributed by atoms with van der Waals surface area (Å²) >= 11 is 1.34. The van der Waals surface area contributed by atoms with Crippen molar-refractivity contribution in [1.29, 1.82) is 0 Å². The standard InChI is InChI=1S/C13H17N5O2S/c1-6-9-10(14)11(21-13(9)18(2)17-6)12(20)15-5-7-3-4-8(19)16-7/h7H,3-5,14H2,1-2H3,(H,15,20)(H,16,19). The molecule has 0 radical (unpaired) electrons. The minimum absolute atomic E-state index is 0.0143. The van der Waals surface area contributed by atoms with E-state index < -0.39 is 0 Å². The highest BCUT2D eigenvalue weighted by Gasteiger charge is 2.24. The van der Waals surface area contributed by atoms with Crippen molar-refractivity contribution >= 4 is 39.1 Å². The second-order valence-electron chi connectivity index (χ2n) is 5.25. The summed E-state index contributed by atoms with van der Waals surface area (Å²) in [5.74, 6) is -0.161. The summed E-state index contributed by atoms with van der Waals surface area (Å²) in [7, 11) is 1.83. The molecule has 0 bridgehead atoms. The van der Waals surface area contributed by atoms with Crippen molar-refractivity contribution in [2.24, 2.45) is 7.05 Å². The van der Waals surface area contributed by atoms with Gasteiger partial charge in [0.15, 0.2) is 0 Å². The molecule has 2 aromatic heterocycles. The number of rotatable bonds is 3. The Bertz CT molecular complexity index is 733. The maximum Gasteiger partial charge on any atom is 0.263 e. The van der Waals surface area contributed by atoms with E-state index in [1.165, 1.54) is 11.3 Å². The number of nitrogens with one attached hydrogen (secondary N) is 2. The van der Waals surface area contributed by atoms with E-state index in [-0.39, 0.29) is 17.9 Å². The van der Waals surface area contributed by atoms with Crippen molar-refractivity contribution in [2.45, 2.75) is 25.8 Å². The highest BCUT2D eigenvalue weighted by Crippen LogP contribution is 2.35. The minimum atomic E-state index is -0.200. The van der Waals surface area contributed by atoms with Gasteiger partial charge in [-0.15, -0.1) is 11.3 Å². The first-order valence-electron chi connectivity index (χ1n) is 6.76. The molecule has 1 atom stereocenters. The Hall–Kier alpha value is -2.09. The fourth-order valence-electron chi connectivity index (χ4n) is 2.62. The molecule has 2 aromatic rings. The van der Waals surface area contributed by atoms with Gasteiger partial charge >= 0.3 is 0 Å². The Balaban J connectivity index is 1.77. The van der Waals surface area contributed by atoms with E-state index in [0.29, 0.717) is 23.5 Å². The van der Waals surface area contributed by atoms with Gasteiger partial charge in [0.05, 0.1) is 16.8 Å². The fourth-order valence-corrected chi connectivity index (χ4v) is 3.73. The maximum absolute atomic E-state index is 12.3. The molecule has 0 spiro atoms. The van der Waals surface area contributed by atoms with Crippen LogP contribution in [-0.2, 0) is 11.8 Å². The molecule has 1 unspecified atom stereocenters. The normalized spacial score (nSPS) is 18.2. The molecule has 3 rings (SSSR count). The number of carbonyl (C=O) groups excluding carboxylic acids is 2. The summed E-state index contributed by atoms with van der Waals surface area (Å²) in [6, 6.07) is 0.0143. The topological polar surface area (TPSA) is 102 Å². The van der Waals surface area contributed by atoms with Gasteiger partial charge in [0.25, 0.3) is 5.91 Å². The molecular formula is C13H17N5O2S. The van der Waals surface area contributed by atoms with E-state index >= 15 is 0 Å². The first kappa shape index (κ1) is 13.9. The quantitative estimate of drug-likeness (QED) is 0.770. The van der Waals surface area contributed by atoms with Crippen molar-refractivity contribution in [1.82, 2.24) is 20.4 Å². The van der Waals surface area contributed by atoms with Gasteiger partial charge in [-0.1, -0.05) is 0 Å². The second kappa shape index (κ2) is 5.03. The number of nitrogens with two attached hydrogens (primary N) is 1. The highest BCUT2D eigenvalue weighted by molar-refractivity contribution is 7.21. The predicted molar refractivity (Wildman–Crippen MR) is 81.2 cm³/mol. The summed E-state index contributed by atoms with van der Waals surface area (Å²) in [4.78, 5) is 24.8. The van der Waals surface area contributed by atoms with Crippen LogP contribution >= 0.6 is 11.3 Å². The van der Waals surface area contributed by atoms with Gasteiger partial charge in [-0.05, 0) is 13.3 Å². The van der Waals surface area contributed by atoms with E-state index in [4.69, 9.17) is 5.73 Å². The molecule has 4 N–H and O–H groups in total. The molecule has 0 saturated carbocycles. The van der Waals surface area contributed by atoms with Gasteiger partial charge in [0, 0.05) is 26.1 Å². The van der Waals surface area contributed by atoms with Gasteiger partial charge in [0.1, 0.15) is 9.71 Å². The zero-order valence-electron chi connectivity index (χ0n) is 11.9. The average Bonchev–Trinajstić information content (AvgIpc) is 3.06. The minimum Gasteiger partial charge on any atom is -0.397 e. The lowest BCUT2D eigenvalue weighted by Crippen LogP contribution is -2.38. The van der Waals surface area contributed by atoms with Gasteiger partial charge in [-0.2, -0.15) is 5.10 Å². The number of nitrogens with zero attached hydrogens (tertiary/aromatic N) is 2. The van der Waals surface area contributed by atoms with Crippen LogP contribution in [0.15, 0.2) is 0 Å². The Morgan fingerprint density at radius 3 is 3.00 bits per heavy atom. The molecule has 1 saturated heterocycles. The summed E-state index contributed by atoms with van der Waals surface area (Å²) < 4.78 is 1.74. The van der Waals surface area contributed by atoms with Crippen LogP contribution in [0.4, 0.5) is 5.69 Å². The van der Waals surface area contributed by atoms with Crippen LogP contribution in [0, 0.1) is 6.92 Å². The van der Waals surface area contributed by atoms with E-state index in [0.717, 1.165) is 22.3 Å². The number of aryl methyl sites for hydroxylation is 2. The number of amides is 2. The lowest BCUT2D eigenvalue weighted by Gasteiger charge is -2.10. The molecule has 7 nitrogen and oxygen atoms in total. The molecule has 21 heavy (non-hydrogen) atoms. The molecule has 112 valence electrons. The van der Waals surface area contributed by atoms with Crippen molar-refractivity contribution in [3.05, 3.63) is 10.6 Å². The van der Waals surface area contributed by atoms with Gasteiger partial charge < -0.3 is 16.4 Å². The van der Waals surface area contributed by atoms with Crippen LogP contribution in [0.1, 0.15) is 28.2 Å². The lowest BCUT2D eigenvalue weighted by atomic mass is 10.2. The second-order valence-corrected chi connectivity index (χ2v) is 6.25. The van der Waals surface area contributed by atoms with E-state index in [1.807, 2.05) is 14.0 Å². The number of aromatic nitrogens is 2. The highest BCUT2D eigenvalue weighted by atomic mass is 32.1. The monoisotopic (exact) mass is 307 g/mol. The summed E-state index contributed by atoms with van der Waals surface area (Å²) in [5.41, 5.74) is 7.39. The van der Waals surface area contributed by atoms with Crippen LogP contribution in [-0.4, -0.2) is 34.2 Å². The zero-order chi connectivity index (χ0) is 15.1. The van der Waals surface area contributed by atoms with E-state index in [2.05, 4.69) is 15.7 Å². The Morgan fingerprint density at radius 1 is 1.62 bits per heavy atom. The molecule has 8 heteroatoms. The van der Waals surface area contributed by atoms with Gasteiger partial charge in [0.2, 0.25) is 5.91 Å². The molecule has 2 amide bonds. The maximum atomic E-state index is 12.3. The number of anilines is 1. The zero-order valence-corrected chi connectivity index (χ0v) is 12.7. The lowest BCUT2D eigenvalue weighted by molar-refractivity contribution is -0.119. The number of nitrogen functional groups attached to an aromatic ring is 1. The molecule has 1 fully saturated rings. The van der Waals surface area contributed by atoms with Gasteiger partial charge in [-0.25, -0.2) is 0 Å². The first-order valence-corrected chi connectivity index (χ1v) is 7.58. The number of carbonyl (C=O) groups is 2. The Kier molecular flexibility index (Phi) is 3.32. The van der Waals surface area contributed by atoms with Crippen molar-refractivity contribution < 1.29 is 9.59 Å². The van der Waals surface area contributed by atoms with Crippen molar-refractivity contribution in [2.75, 3.05) is 12.3 Å². The SMILES string of the molecule is Cc1nn(C)c2sc(C(=O)NCC3CCC(=O)N3)c(N)c12. The third-order valence-corrected chi connectivity index (χ3v) is 4.95. The van der Waals surface area contributed by atoms with Gasteiger partial charge in [-0.3, -0.25) is 14.3 Å². The van der Waals surface area contributed by atoms with E-state index in [9.17, 15) is 9.59 Å². The fraction of sp³-hybridized carbons (Fsp3) is 0.462. The van der Waals surface area contributed by atoms with Crippen molar-refractivity contribution in [3.63, 3.8) is 0 Å². The largest absolute Gasteiger partial charge is 0.397 e. The summed E-state index contributed by atoms with van der Waals surface area (Å²) in [6.45, 7) is 2.30. The van der Waals surface area contributed by atoms with Crippen LogP contribution in [0.3, 0.4) is 0 Å². The molecule has 1 aliphatic heterocycles. The third kappa shape index (κ3) is 2.35. The number of hydrogen-bond donors (Lipinski definition) is 3. The third-order valence-electron chi connectivity index (χ3n) is 3.68. The summed E-state index contributed by atoms with van der Waals surface area (Å²) in [5, 5.41) is 10.8. The first-order chi connectivity index (χ1) is 9.97. The van der Waals surface area contributed by atoms with Crippen molar-refractivity contribution in [3.8, 4) is 0 Å². The number of hydrogen-bond acceptors (Lipinski definition) is 5. The molecular weight excluding hydrogens is 290 g/mol. The van der Waals surface area contributed by atoms with Crippen LogP contribution in [0.2, 0.25) is 0 Å². The summed E-state index contributed by atoms with van der Waals surface area (Å²) in [6.07, 6.45) is 1.28. The molecule has 3 heterocycles. The Labute approximate surface area is 125 Å². The smallest absolute Gasteiger partial charge is 0.263 e. The number of fused-ring (bicyclic) bond motifs is 1. The number of thiophene rings is 1. The predicted octanol–water partition coefficient (Wildman–Crippen LogP) is 0.534. The average molecular weight is 307 g/mol. The van der Waals surface area contributed by atoms with Crippen LogP contribution in [0.5, 0.6) is 0 Å². The van der Waals surface area contributed by atoms with E-state index in [1.54, 1.807) is 4.68 Å². The molecule has 1 aliphatic rings. The Morgan fingerprint density at radius 2 is 2.38 bits per heavy atom.